The highest BCUT2D eigenvalue weighted by Crippen LogP contribution is 2.42. The molecule has 11 rings (SSSR count). The van der Waals surface area contributed by atoms with E-state index in [9.17, 15) is 0 Å². The van der Waals surface area contributed by atoms with Gasteiger partial charge in [0.25, 0.3) is 0 Å². The van der Waals surface area contributed by atoms with Gasteiger partial charge in [0.2, 0.25) is 5.95 Å². The minimum atomic E-state index is 0.653. The maximum absolute atomic E-state index is 5.47. The summed E-state index contributed by atoms with van der Waals surface area (Å²) in [7, 11) is 0. The van der Waals surface area contributed by atoms with E-state index in [1.54, 1.807) is 0 Å². The van der Waals surface area contributed by atoms with Crippen LogP contribution >= 0.6 is 0 Å². The number of rotatable bonds is 3. The third kappa shape index (κ3) is 3.87. The third-order valence-electron chi connectivity index (χ3n) is 10.3. The lowest BCUT2D eigenvalue weighted by Crippen LogP contribution is -2.04. The monoisotopic (exact) mass is 636 g/mol. The van der Waals surface area contributed by atoms with Gasteiger partial charge in [-0.25, -0.2) is 9.97 Å². The summed E-state index contributed by atoms with van der Waals surface area (Å²) < 4.78 is 4.72. The number of hydrogen-bond donors (Lipinski definition) is 0. The molecule has 4 heteroatoms. The number of fused-ring (bicyclic) bond motifs is 10. The Kier molecular flexibility index (Phi) is 5.63. The Labute approximate surface area is 287 Å². The summed E-state index contributed by atoms with van der Waals surface area (Å²) in [4.78, 5) is 10.8. The zero-order chi connectivity index (χ0) is 32.8. The normalized spacial score (nSPS) is 12.0. The van der Waals surface area contributed by atoms with Crippen LogP contribution in [-0.4, -0.2) is 19.1 Å². The van der Waals surface area contributed by atoms with E-state index in [1.165, 1.54) is 48.6 Å². The lowest BCUT2D eigenvalue weighted by atomic mass is 10.0. The molecule has 0 radical (unpaired) electrons. The Balaban J connectivity index is 1.32. The summed E-state index contributed by atoms with van der Waals surface area (Å²) in [5.74, 6) is 0.653. The molecule has 0 aliphatic carbocycles. The van der Waals surface area contributed by atoms with Crippen molar-refractivity contribution in [3.05, 3.63) is 170 Å². The number of nitrogens with zero attached hydrogens (tertiary/aromatic N) is 4. The Morgan fingerprint density at radius 1 is 0.360 bits per heavy atom. The van der Waals surface area contributed by atoms with Crippen molar-refractivity contribution in [2.24, 2.45) is 0 Å². The summed E-state index contributed by atoms with van der Waals surface area (Å²) in [6.45, 7) is 0. The van der Waals surface area contributed by atoms with E-state index in [-0.39, 0.29) is 0 Å². The van der Waals surface area contributed by atoms with E-state index in [0.29, 0.717) is 5.95 Å². The second-order valence-electron chi connectivity index (χ2n) is 13.0. The van der Waals surface area contributed by atoms with Crippen LogP contribution in [0.25, 0.3) is 99.0 Å². The van der Waals surface area contributed by atoms with Gasteiger partial charge in [-0.1, -0.05) is 127 Å². The van der Waals surface area contributed by atoms with Crippen molar-refractivity contribution in [1.82, 2.24) is 19.1 Å². The van der Waals surface area contributed by atoms with Gasteiger partial charge in [0, 0.05) is 38.2 Å². The van der Waals surface area contributed by atoms with Gasteiger partial charge >= 0.3 is 0 Å². The van der Waals surface area contributed by atoms with Crippen LogP contribution in [0.15, 0.2) is 170 Å². The van der Waals surface area contributed by atoms with Gasteiger partial charge in [0.15, 0.2) is 0 Å². The van der Waals surface area contributed by atoms with E-state index in [1.807, 2.05) is 0 Å². The SMILES string of the molecule is c1ccc(-n2c3cc4ccccc4cc3c3ccc4c5ccccc5n(-c5nc(-c6ccc7ccccc7c6)c6ccccc6n5)c4c32)cc1. The molecule has 8 aromatic carbocycles. The predicted octanol–water partition coefficient (Wildman–Crippen LogP) is 11.8. The Bertz CT molecular complexity index is 3150. The van der Waals surface area contributed by atoms with E-state index in [2.05, 4.69) is 179 Å². The van der Waals surface area contributed by atoms with Crippen molar-refractivity contribution in [3.8, 4) is 22.9 Å². The summed E-state index contributed by atoms with van der Waals surface area (Å²) in [6.07, 6.45) is 0. The van der Waals surface area contributed by atoms with Gasteiger partial charge in [0.05, 0.1) is 33.3 Å². The molecule has 0 fully saturated rings. The number of benzene rings is 8. The van der Waals surface area contributed by atoms with E-state index >= 15 is 0 Å². The van der Waals surface area contributed by atoms with Gasteiger partial charge in [-0.05, 0) is 64.0 Å². The van der Waals surface area contributed by atoms with Crippen molar-refractivity contribution < 1.29 is 0 Å². The first kappa shape index (κ1) is 27.2. The van der Waals surface area contributed by atoms with Crippen LogP contribution in [0.1, 0.15) is 0 Å². The zero-order valence-electron chi connectivity index (χ0n) is 27.0. The maximum Gasteiger partial charge on any atom is 0.235 e. The highest BCUT2D eigenvalue weighted by Gasteiger charge is 2.23. The minimum Gasteiger partial charge on any atom is -0.307 e. The molecule has 0 bridgehead atoms. The minimum absolute atomic E-state index is 0.653. The molecule has 0 N–H and O–H groups in total. The molecule has 50 heavy (non-hydrogen) atoms. The van der Waals surface area contributed by atoms with E-state index in [0.717, 1.165) is 44.4 Å². The second kappa shape index (κ2) is 10.4. The molecule has 3 aromatic heterocycles. The lowest BCUT2D eigenvalue weighted by Gasteiger charge is -2.14. The Morgan fingerprint density at radius 3 is 1.80 bits per heavy atom. The molecule has 4 nitrogen and oxygen atoms in total. The van der Waals surface area contributed by atoms with Crippen LogP contribution < -0.4 is 0 Å². The Hall–Kier alpha value is -6.78. The average Bonchev–Trinajstić information content (AvgIpc) is 3.69. The van der Waals surface area contributed by atoms with Crippen LogP contribution in [0.3, 0.4) is 0 Å². The van der Waals surface area contributed by atoms with Crippen molar-refractivity contribution in [3.63, 3.8) is 0 Å². The third-order valence-corrected chi connectivity index (χ3v) is 10.3. The molecular formula is C46H28N4. The summed E-state index contributed by atoms with van der Waals surface area (Å²) in [6, 6.07) is 60.7. The van der Waals surface area contributed by atoms with Crippen LogP contribution in [0, 0.1) is 0 Å². The van der Waals surface area contributed by atoms with Gasteiger partial charge < -0.3 is 4.57 Å². The highest BCUT2D eigenvalue weighted by atomic mass is 15.2. The quantitative estimate of drug-likeness (QED) is 0.193. The van der Waals surface area contributed by atoms with Crippen molar-refractivity contribution >= 4 is 76.1 Å². The van der Waals surface area contributed by atoms with Gasteiger partial charge in [-0.2, -0.15) is 0 Å². The van der Waals surface area contributed by atoms with Crippen LogP contribution in [0.4, 0.5) is 0 Å². The molecule has 0 saturated heterocycles. The van der Waals surface area contributed by atoms with Crippen molar-refractivity contribution in [2.45, 2.75) is 0 Å². The highest BCUT2D eigenvalue weighted by molar-refractivity contribution is 6.25. The van der Waals surface area contributed by atoms with Crippen molar-refractivity contribution in [1.29, 1.82) is 0 Å². The first-order chi connectivity index (χ1) is 24.8. The van der Waals surface area contributed by atoms with Crippen LogP contribution in [0.5, 0.6) is 0 Å². The van der Waals surface area contributed by atoms with E-state index < -0.39 is 0 Å². The van der Waals surface area contributed by atoms with Gasteiger partial charge in [-0.3, -0.25) is 4.57 Å². The fraction of sp³-hybridized carbons (Fsp3) is 0. The lowest BCUT2D eigenvalue weighted by molar-refractivity contribution is 1.01. The molecule has 0 saturated carbocycles. The molecule has 0 aliphatic heterocycles. The molecule has 0 unspecified atom stereocenters. The molecule has 0 spiro atoms. The average molecular weight is 637 g/mol. The van der Waals surface area contributed by atoms with Gasteiger partial charge in [0.1, 0.15) is 0 Å². The molecule has 0 atom stereocenters. The largest absolute Gasteiger partial charge is 0.307 e. The number of aromatic nitrogens is 4. The summed E-state index contributed by atoms with van der Waals surface area (Å²) in [5, 5.41) is 10.6. The Morgan fingerprint density at radius 2 is 0.980 bits per heavy atom. The van der Waals surface area contributed by atoms with Crippen LogP contribution in [0.2, 0.25) is 0 Å². The van der Waals surface area contributed by atoms with Crippen LogP contribution in [-0.2, 0) is 0 Å². The maximum atomic E-state index is 5.47. The topological polar surface area (TPSA) is 35.6 Å². The van der Waals surface area contributed by atoms with Crippen molar-refractivity contribution in [2.75, 3.05) is 0 Å². The number of hydrogen-bond acceptors (Lipinski definition) is 2. The number of para-hydroxylation sites is 3. The molecule has 0 aliphatic rings. The predicted molar refractivity (Wildman–Crippen MR) is 209 cm³/mol. The fourth-order valence-electron chi connectivity index (χ4n) is 8.01. The second-order valence-corrected chi connectivity index (χ2v) is 13.0. The molecule has 232 valence electrons. The molecule has 0 amide bonds. The van der Waals surface area contributed by atoms with Gasteiger partial charge in [-0.15, -0.1) is 0 Å². The standard InChI is InChI=1S/C46H28N4/c1-2-16-34(17-3-1)49-42-28-32-15-7-6-14-31(32)27-39(42)37-25-24-36-35-18-9-11-21-41(35)50(45(36)44(37)49)46-47-40-20-10-8-19-38(40)43(48-46)33-23-22-29-12-4-5-13-30(29)26-33/h1-28H. The van der Waals surface area contributed by atoms with E-state index in [4.69, 9.17) is 9.97 Å². The zero-order valence-corrected chi connectivity index (χ0v) is 27.0. The first-order valence-corrected chi connectivity index (χ1v) is 17.0. The smallest absolute Gasteiger partial charge is 0.235 e. The molecular weight excluding hydrogens is 609 g/mol. The molecule has 11 aromatic rings. The fourth-order valence-corrected chi connectivity index (χ4v) is 8.01. The summed E-state index contributed by atoms with van der Waals surface area (Å²) in [5.41, 5.74) is 8.49. The summed E-state index contributed by atoms with van der Waals surface area (Å²) >= 11 is 0. The molecule has 3 heterocycles. The first-order valence-electron chi connectivity index (χ1n) is 17.0.